The van der Waals surface area contributed by atoms with E-state index in [2.05, 4.69) is 10.3 Å². The molecule has 0 bridgehead atoms. The molecular weight excluding hydrogens is 451 g/mol. The van der Waals surface area contributed by atoms with E-state index in [1.165, 1.54) is 6.07 Å². The Kier molecular flexibility index (Phi) is 5.85. The maximum absolute atomic E-state index is 12.9. The van der Waals surface area contributed by atoms with Crippen molar-refractivity contribution in [1.82, 2.24) is 9.88 Å². The summed E-state index contributed by atoms with van der Waals surface area (Å²) in [4.78, 5) is 30.9. The maximum atomic E-state index is 12.9. The van der Waals surface area contributed by atoms with E-state index in [0.29, 0.717) is 18.8 Å². The Labute approximate surface area is 186 Å². The van der Waals surface area contributed by atoms with Crippen LogP contribution in [0, 0.1) is 10.1 Å². The molecule has 8 nitrogen and oxygen atoms in total. The summed E-state index contributed by atoms with van der Waals surface area (Å²) in [7, 11) is 0. The second-order valence-corrected chi connectivity index (χ2v) is 8.12. The number of pyridine rings is 1. The van der Waals surface area contributed by atoms with Crippen molar-refractivity contribution < 1.29 is 22.9 Å². The van der Waals surface area contributed by atoms with Crippen LogP contribution in [-0.4, -0.2) is 52.9 Å². The number of hydrogen-bond donors (Lipinski definition) is 1. The Bertz CT molecular complexity index is 1050. The molecule has 170 valence electrons. The van der Waals surface area contributed by atoms with Crippen LogP contribution in [0.2, 0.25) is 5.02 Å². The van der Waals surface area contributed by atoms with Crippen LogP contribution in [0.4, 0.5) is 30.4 Å². The van der Waals surface area contributed by atoms with Gasteiger partial charge in [-0.25, -0.2) is 4.98 Å². The minimum absolute atomic E-state index is 0.117. The number of rotatable bonds is 5. The summed E-state index contributed by atoms with van der Waals surface area (Å²) in [6.07, 6.45) is -1.89. The number of aromatic nitrogens is 1. The molecule has 1 aromatic carbocycles. The Hall–Kier alpha value is -3.08. The molecule has 2 aromatic rings. The second kappa shape index (κ2) is 8.45. The van der Waals surface area contributed by atoms with Crippen LogP contribution in [0.25, 0.3) is 0 Å². The SMILES string of the molecule is O=C(c1ccc(NC2CC2)c([N+](=O)[O-])c1)N1CCN(c2ncc(C(F)(F)F)cc2Cl)CC1. The molecule has 1 aliphatic heterocycles. The van der Waals surface area contributed by atoms with Crippen LogP contribution in [0.1, 0.15) is 28.8 Å². The van der Waals surface area contributed by atoms with Gasteiger partial charge in [0.25, 0.3) is 11.6 Å². The highest BCUT2D eigenvalue weighted by atomic mass is 35.5. The van der Waals surface area contributed by atoms with E-state index in [1.54, 1.807) is 21.9 Å². The molecular formula is C20H19ClF3N5O3. The van der Waals surface area contributed by atoms with E-state index in [-0.39, 0.29) is 47.1 Å². The molecule has 2 heterocycles. The number of alkyl halides is 3. The molecule has 0 atom stereocenters. The molecule has 32 heavy (non-hydrogen) atoms. The lowest BCUT2D eigenvalue weighted by atomic mass is 10.1. The molecule has 4 rings (SSSR count). The minimum atomic E-state index is -4.54. The number of carbonyl (C=O) groups is 1. The number of carbonyl (C=O) groups excluding carboxylic acids is 1. The van der Waals surface area contributed by atoms with Gasteiger partial charge in [-0.05, 0) is 31.0 Å². The molecule has 1 aromatic heterocycles. The van der Waals surface area contributed by atoms with Crippen LogP contribution in [0.3, 0.4) is 0 Å². The first kappa shape index (κ1) is 22.1. The van der Waals surface area contributed by atoms with E-state index >= 15 is 0 Å². The molecule has 2 fully saturated rings. The number of hydrogen-bond acceptors (Lipinski definition) is 6. The van der Waals surface area contributed by atoms with Gasteiger partial charge in [-0.15, -0.1) is 0 Å². The van der Waals surface area contributed by atoms with Gasteiger partial charge in [0, 0.05) is 50.0 Å². The molecule has 0 unspecified atom stereocenters. The summed E-state index contributed by atoms with van der Waals surface area (Å²) in [6.45, 7) is 1.17. The van der Waals surface area contributed by atoms with Gasteiger partial charge in [0.15, 0.2) is 0 Å². The third-order valence-electron chi connectivity index (χ3n) is 5.39. The number of benzene rings is 1. The summed E-state index contributed by atoms with van der Waals surface area (Å²) in [5.41, 5.74) is -0.484. The number of anilines is 2. The molecule has 1 saturated heterocycles. The van der Waals surface area contributed by atoms with E-state index < -0.39 is 16.7 Å². The van der Waals surface area contributed by atoms with Crippen LogP contribution < -0.4 is 10.2 Å². The summed E-state index contributed by atoms with van der Waals surface area (Å²) >= 11 is 6.01. The highest BCUT2D eigenvalue weighted by molar-refractivity contribution is 6.33. The van der Waals surface area contributed by atoms with Gasteiger partial charge < -0.3 is 15.1 Å². The van der Waals surface area contributed by atoms with Crippen molar-refractivity contribution in [3.63, 3.8) is 0 Å². The maximum Gasteiger partial charge on any atom is 0.417 e. The van der Waals surface area contributed by atoms with Gasteiger partial charge in [-0.3, -0.25) is 14.9 Å². The molecule has 1 aliphatic carbocycles. The van der Waals surface area contributed by atoms with Gasteiger partial charge in [-0.2, -0.15) is 13.2 Å². The zero-order valence-corrected chi connectivity index (χ0v) is 17.5. The Balaban J connectivity index is 1.43. The second-order valence-electron chi connectivity index (χ2n) is 7.71. The fourth-order valence-corrected chi connectivity index (χ4v) is 3.79. The van der Waals surface area contributed by atoms with Gasteiger partial charge in [-0.1, -0.05) is 11.6 Å². The number of nitrogens with one attached hydrogen (secondary N) is 1. The lowest BCUT2D eigenvalue weighted by Crippen LogP contribution is -2.49. The predicted molar refractivity (Wildman–Crippen MR) is 112 cm³/mol. The van der Waals surface area contributed by atoms with E-state index in [4.69, 9.17) is 11.6 Å². The monoisotopic (exact) mass is 469 g/mol. The van der Waals surface area contributed by atoms with E-state index in [0.717, 1.165) is 25.1 Å². The van der Waals surface area contributed by atoms with Crippen molar-refractivity contribution in [2.24, 2.45) is 0 Å². The topological polar surface area (TPSA) is 91.6 Å². The highest BCUT2D eigenvalue weighted by Gasteiger charge is 2.33. The number of nitro benzene ring substituents is 1. The van der Waals surface area contributed by atoms with Crippen LogP contribution in [0.15, 0.2) is 30.5 Å². The molecule has 0 radical (unpaired) electrons. The van der Waals surface area contributed by atoms with Crippen molar-refractivity contribution in [3.05, 3.63) is 56.7 Å². The fourth-order valence-electron chi connectivity index (χ4n) is 3.51. The number of nitro groups is 1. The Morgan fingerprint density at radius 1 is 1.19 bits per heavy atom. The van der Waals surface area contributed by atoms with Crippen molar-refractivity contribution in [1.29, 1.82) is 0 Å². The van der Waals surface area contributed by atoms with Crippen molar-refractivity contribution in [3.8, 4) is 0 Å². The van der Waals surface area contributed by atoms with Crippen molar-refractivity contribution >= 4 is 34.7 Å². The summed E-state index contributed by atoms with van der Waals surface area (Å²) in [5.74, 6) is -0.130. The summed E-state index contributed by atoms with van der Waals surface area (Å²) in [6, 6.07) is 5.44. The molecule has 0 spiro atoms. The molecule has 1 amide bonds. The largest absolute Gasteiger partial charge is 0.417 e. The highest BCUT2D eigenvalue weighted by Crippen LogP contribution is 2.34. The van der Waals surface area contributed by atoms with Gasteiger partial charge in [0.1, 0.15) is 11.5 Å². The molecule has 2 aliphatic rings. The fraction of sp³-hybridized carbons (Fsp3) is 0.400. The van der Waals surface area contributed by atoms with Gasteiger partial charge in [0.2, 0.25) is 0 Å². The van der Waals surface area contributed by atoms with Gasteiger partial charge >= 0.3 is 6.18 Å². The normalized spacial score (nSPS) is 16.8. The van der Waals surface area contributed by atoms with E-state index in [1.807, 2.05) is 0 Å². The molecule has 1 N–H and O–H groups in total. The van der Waals surface area contributed by atoms with Crippen LogP contribution in [0.5, 0.6) is 0 Å². The first-order chi connectivity index (χ1) is 15.1. The number of nitrogens with zero attached hydrogens (tertiary/aromatic N) is 4. The number of halogens is 4. The van der Waals surface area contributed by atoms with Crippen molar-refractivity contribution in [2.75, 3.05) is 36.4 Å². The third kappa shape index (κ3) is 4.72. The first-order valence-corrected chi connectivity index (χ1v) is 10.3. The molecule has 1 saturated carbocycles. The summed E-state index contributed by atoms with van der Waals surface area (Å²) < 4.78 is 38.4. The zero-order valence-electron chi connectivity index (χ0n) is 16.7. The van der Waals surface area contributed by atoms with Crippen LogP contribution in [-0.2, 0) is 6.18 Å². The van der Waals surface area contributed by atoms with Crippen molar-refractivity contribution in [2.45, 2.75) is 25.1 Å². The Morgan fingerprint density at radius 2 is 1.88 bits per heavy atom. The number of piperazine rings is 1. The number of amides is 1. The smallest absolute Gasteiger partial charge is 0.377 e. The van der Waals surface area contributed by atoms with E-state index in [9.17, 15) is 28.1 Å². The Morgan fingerprint density at radius 3 is 2.44 bits per heavy atom. The lowest BCUT2D eigenvalue weighted by Gasteiger charge is -2.35. The summed E-state index contributed by atoms with van der Waals surface area (Å²) in [5, 5.41) is 14.4. The first-order valence-electron chi connectivity index (χ1n) is 9.95. The third-order valence-corrected chi connectivity index (χ3v) is 5.67. The van der Waals surface area contributed by atoms with Gasteiger partial charge in [0.05, 0.1) is 15.5 Å². The zero-order chi connectivity index (χ0) is 23.0. The lowest BCUT2D eigenvalue weighted by molar-refractivity contribution is -0.384. The minimum Gasteiger partial charge on any atom is -0.377 e. The molecule has 12 heteroatoms. The van der Waals surface area contributed by atoms with Crippen LogP contribution >= 0.6 is 11.6 Å². The predicted octanol–water partition coefficient (Wildman–Crippen LogP) is 4.20. The standard InChI is InChI=1S/C20H19ClF3N5O3/c21-15-10-13(20(22,23)24)11-25-18(15)27-5-7-28(8-6-27)19(30)12-1-4-16(26-14-2-3-14)17(9-12)29(31)32/h1,4,9-11,14,26H,2-3,5-8H2. The average Bonchev–Trinajstić information content (AvgIpc) is 3.57. The average molecular weight is 470 g/mol. The quantitative estimate of drug-likeness (QED) is 0.521.